The van der Waals surface area contributed by atoms with E-state index in [1.54, 1.807) is 6.07 Å². The van der Waals surface area contributed by atoms with Gasteiger partial charge in [0, 0.05) is 15.8 Å². The van der Waals surface area contributed by atoms with Gasteiger partial charge in [-0.2, -0.15) is 5.26 Å². The number of hydrogen-bond donors (Lipinski definition) is 1. The lowest BCUT2D eigenvalue weighted by Crippen LogP contribution is -2.13. The number of nitriles is 1. The van der Waals surface area contributed by atoms with Gasteiger partial charge in [0.1, 0.15) is 22.5 Å². The molecule has 1 amide bonds. The summed E-state index contributed by atoms with van der Waals surface area (Å²) in [5.41, 5.74) is 5.35. The lowest BCUT2D eigenvalue weighted by molar-refractivity contribution is 0.102. The SMILES string of the molecule is Cc1ccc(-c2cc(C(=O)Nc3sc(C)c(-c4ccc(CC(C)C)cc4)c3C#N)c3ccccc3n2)o1. The van der Waals surface area contributed by atoms with Crippen LogP contribution in [0.25, 0.3) is 33.5 Å². The average Bonchev–Trinajstić information content (AvgIpc) is 3.45. The zero-order valence-corrected chi connectivity index (χ0v) is 22.1. The first-order valence-electron chi connectivity index (χ1n) is 12.2. The molecule has 5 rings (SSSR count). The van der Waals surface area contributed by atoms with Crippen molar-refractivity contribution in [2.45, 2.75) is 34.1 Å². The van der Waals surface area contributed by atoms with Crippen LogP contribution in [0.3, 0.4) is 0 Å². The number of thiophene rings is 1. The van der Waals surface area contributed by atoms with Crippen LogP contribution in [0.4, 0.5) is 5.00 Å². The standard InChI is InChI=1S/C31H27N3O2S/c1-18(2)15-21-10-12-22(13-11-21)29-20(4)37-31(25(29)17-32)34-30(35)24-16-27(28-14-9-19(3)36-28)33-26-8-6-5-7-23(24)26/h5-14,16,18H,15H2,1-4H3,(H,34,35). The summed E-state index contributed by atoms with van der Waals surface area (Å²) in [5, 5.41) is 14.4. The zero-order chi connectivity index (χ0) is 26.1. The summed E-state index contributed by atoms with van der Waals surface area (Å²) in [5.74, 6) is 1.66. The van der Waals surface area contributed by atoms with Gasteiger partial charge in [-0.15, -0.1) is 11.3 Å². The largest absolute Gasteiger partial charge is 0.460 e. The van der Waals surface area contributed by atoms with Crippen LogP contribution in [-0.4, -0.2) is 10.9 Å². The topological polar surface area (TPSA) is 78.9 Å². The van der Waals surface area contributed by atoms with Gasteiger partial charge in [0.05, 0.1) is 16.6 Å². The predicted molar refractivity (Wildman–Crippen MR) is 150 cm³/mol. The molecule has 184 valence electrons. The second-order valence-corrected chi connectivity index (χ2v) is 10.8. The minimum atomic E-state index is -0.292. The first-order chi connectivity index (χ1) is 17.8. The Morgan fingerprint density at radius 2 is 1.84 bits per heavy atom. The van der Waals surface area contributed by atoms with E-state index in [2.05, 4.69) is 49.5 Å². The van der Waals surface area contributed by atoms with Crippen molar-refractivity contribution in [3.05, 3.63) is 94.1 Å². The van der Waals surface area contributed by atoms with E-state index in [0.717, 1.165) is 33.6 Å². The number of carbonyl (C=O) groups is 1. The van der Waals surface area contributed by atoms with Crippen molar-refractivity contribution in [3.8, 4) is 28.7 Å². The van der Waals surface area contributed by atoms with Crippen molar-refractivity contribution in [1.29, 1.82) is 5.26 Å². The monoisotopic (exact) mass is 505 g/mol. The zero-order valence-electron chi connectivity index (χ0n) is 21.3. The summed E-state index contributed by atoms with van der Waals surface area (Å²) in [4.78, 5) is 19.3. The Morgan fingerprint density at radius 1 is 1.08 bits per heavy atom. The van der Waals surface area contributed by atoms with Crippen molar-refractivity contribution < 1.29 is 9.21 Å². The molecule has 0 bridgehead atoms. The molecule has 0 aliphatic carbocycles. The number of anilines is 1. The van der Waals surface area contributed by atoms with Gasteiger partial charge in [-0.3, -0.25) is 4.79 Å². The van der Waals surface area contributed by atoms with Gasteiger partial charge < -0.3 is 9.73 Å². The smallest absolute Gasteiger partial charge is 0.257 e. The van der Waals surface area contributed by atoms with E-state index in [9.17, 15) is 10.1 Å². The molecule has 0 saturated heterocycles. The van der Waals surface area contributed by atoms with Gasteiger partial charge in [-0.1, -0.05) is 56.3 Å². The number of carbonyl (C=O) groups excluding carboxylic acids is 1. The Labute approximate surface area is 220 Å². The maximum atomic E-state index is 13.6. The van der Waals surface area contributed by atoms with Crippen LogP contribution in [0, 0.1) is 31.1 Å². The molecule has 2 aromatic carbocycles. The lowest BCUT2D eigenvalue weighted by Gasteiger charge is -2.10. The van der Waals surface area contributed by atoms with E-state index in [-0.39, 0.29) is 5.91 Å². The third kappa shape index (κ3) is 4.91. The van der Waals surface area contributed by atoms with E-state index >= 15 is 0 Å². The Kier molecular flexibility index (Phi) is 6.64. The Balaban J connectivity index is 1.52. The third-order valence-electron chi connectivity index (χ3n) is 6.26. The molecule has 5 aromatic rings. The Bertz CT molecular complexity index is 1650. The van der Waals surface area contributed by atoms with Crippen LogP contribution >= 0.6 is 11.3 Å². The molecule has 37 heavy (non-hydrogen) atoms. The predicted octanol–water partition coefficient (Wildman–Crippen LogP) is 8.16. The summed E-state index contributed by atoms with van der Waals surface area (Å²) < 4.78 is 5.77. The fourth-order valence-electron chi connectivity index (χ4n) is 4.60. The van der Waals surface area contributed by atoms with E-state index in [1.807, 2.05) is 50.2 Å². The highest BCUT2D eigenvalue weighted by Gasteiger charge is 2.21. The van der Waals surface area contributed by atoms with Gasteiger partial charge in [-0.25, -0.2) is 4.98 Å². The number of pyridine rings is 1. The summed E-state index contributed by atoms with van der Waals surface area (Å²) >= 11 is 1.42. The van der Waals surface area contributed by atoms with Crippen LogP contribution in [0.5, 0.6) is 0 Å². The number of rotatable bonds is 6. The average molecular weight is 506 g/mol. The molecule has 0 aliphatic rings. The highest BCUT2D eigenvalue weighted by atomic mass is 32.1. The van der Waals surface area contributed by atoms with Crippen molar-refractivity contribution in [2.24, 2.45) is 5.92 Å². The number of benzene rings is 2. The van der Waals surface area contributed by atoms with E-state index in [4.69, 9.17) is 9.40 Å². The van der Waals surface area contributed by atoms with Gasteiger partial charge in [0.15, 0.2) is 5.76 Å². The molecule has 0 spiro atoms. The molecular weight excluding hydrogens is 478 g/mol. The van der Waals surface area contributed by atoms with Gasteiger partial charge in [0.2, 0.25) is 0 Å². The lowest BCUT2D eigenvalue weighted by atomic mass is 9.97. The molecule has 0 saturated carbocycles. The molecule has 1 N–H and O–H groups in total. The summed E-state index contributed by atoms with van der Waals surface area (Å²) in [6.07, 6.45) is 1.01. The molecule has 3 heterocycles. The third-order valence-corrected chi connectivity index (χ3v) is 7.28. The van der Waals surface area contributed by atoms with Gasteiger partial charge in [-0.05, 0) is 61.6 Å². The Hall–Kier alpha value is -4.21. The maximum Gasteiger partial charge on any atom is 0.257 e. The first kappa shape index (κ1) is 24.5. The number of nitrogens with one attached hydrogen (secondary N) is 1. The number of furan rings is 1. The Morgan fingerprint density at radius 3 is 2.51 bits per heavy atom. The molecule has 3 aromatic heterocycles. The summed E-state index contributed by atoms with van der Waals surface area (Å²) in [7, 11) is 0. The molecule has 0 atom stereocenters. The maximum absolute atomic E-state index is 13.6. The van der Waals surface area contributed by atoms with Crippen molar-refractivity contribution in [1.82, 2.24) is 4.98 Å². The number of para-hydroxylation sites is 1. The molecule has 0 radical (unpaired) electrons. The van der Waals surface area contributed by atoms with Crippen LogP contribution in [0.1, 0.15) is 46.0 Å². The minimum Gasteiger partial charge on any atom is -0.460 e. The van der Waals surface area contributed by atoms with Crippen molar-refractivity contribution >= 4 is 33.1 Å². The van der Waals surface area contributed by atoms with Crippen LogP contribution in [0.2, 0.25) is 0 Å². The first-order valence-corrected chi connectivity index (χ1v) is 13.1. The van der Waals surface area contributed by atoms with Gasteiger partial charge >= 0.3 is 0 Å². The highest BCUT2D eigenvalue weighted by molar-refractivity contribution is 7.17. The number of aryl methyl sites for hydroxylation is 2. The number of amides is 1. The molecule has 5 nitrogen and oxygen atoms in total. The number of fused-ring (bicyclic) bond motifs is 1. The number of nitrogens with zero attached hydrogens (tertiary/aromatic N) is 2. The number of hydrogen-bond acceptors (Lipinski definition) is 5. The summed E-state index contributed by atoms with van der Waals surface area (Å²) in [6.45, 7) is 8.25. The second-order valence-electron chi connectivity index (χ2n) is 9.58. The normalized spacial score (nSPS) is 11.1. The minimum absolute atomic E-state index is 0.292. The fourth-order valence-corrected chi connectivity index (χ4v) is 5.62. The number of aromatic nitrogens is 1. The quantitative estimate of drug-likeness (QED) is 0.252. The van der Waals surface area contributed by atoms with Crippen molar-refractivity contribution in [2.75, 3.05) is 5.32 Å². The van der Waals surface area contributed by atoms with Crippen LogP contribution < -0.4 is 5.32 Å². The van der Waals surface area contributed by atoms with Crippen molar-refractivity contribution in [3.63, 3.8) is 0 Å². The molecule has 6 heteroatoms. The molecule has 0 unspecified atom stereocenters. The van der Waals surface area contributed by atoms with Gasteiger partial charge in [0.25, 0.3) is 5.91 Å². The van der Waals surface area contributed by atoms with Crippen LogP contribution in [0.15, 0.2) is 71.1 Å². The second kappa shape index (κ2) is 10.0. The van der Waals surface area contributed by atoms with Crippen LogP contribution in [-0.2, 0) is 6.42 Å². The summed E-state index contributed by atoms with van der Waals surface area (Å²) in [6, 6.07) is 23.7. The highest BCUT2D eigenvalue weighted by Crippen LogP contribution is 2.40. The van der Waals surface area contributed by atoms with E-state index < -0.39 is 0 Å². The van der Waals surface area contributed by atoms with E-state index in [0.29, 0.717) is 39.0 Å². The van der Waals surface area contributed by atoms with E-state index in [1.165, 1.54) is 16.9 Å². The molecular formula is C31H27N3O2S. The molecule has 0 fully saturated rings. The fraction of sp³-hybridized carbons (Fsp3) is 0.194. The molecule has 0 aliphatic heterocycles.